The van der Waals surface area contributed by atoms with Crippen LogP contribution in [0.1, 0.15) is 40.4 Å². The van der Waals surface area contributed by atoms with E-state index in [9.17, 15) is 9.59 Å². The van der Waals surface area contributed by atoms with Crippen LogP contribution < -0.4 is 10.1 Å². The van der Waals surface area contributed by atoms with E-state index in [2.05, 4.69) is 10.2 Å². The molecule has 2 heterocycles. The van der Waals surface area contributed by atoms with Crippen LogP contribution in [0.25, 0.3) is 0 Å². The molecule has 2 atom stereocenters. The number of amides is 1. The number of nitrogens with one attached hydrogen (secondary N) is 1. The summed E-state index contributed by atoms with van der Waals surface area (Å²) in [7, 11) is 1.66. The van der Waals surface area contributed by atoms with Crippen molar-refractivity contribution in [2.75, 3.05) is 26.7 Å². The van der Waals surface area contributed by atoms with Gasteiger partial charge in [0, 0.05) is 18.5 Å². The zero-order chi connectivity index (χ0) is 20.2. The third-order valence-electron chi connectivity index (χ3n) is 5.73. The molecule has 2 unspecified atom stereocenters. The topological polar surface area (TPSA) is 67.9 Å². The van der Waals surface area contributed by atoms with E-state index in [0.29, 0.717) is 18.5 Å². The molecular formula is C23H26N2O4. The van der Waals surface area contributed by atoms with Crippen molar-refractivity contribution in [1.29, 1.82) is 0 Å². The Morgan fingerprint density at radius 2 is 1.90 bits per heavy atom. The van der Waals surface area contributed by atoms with Crippen LogP contribution in [-0.4, -0.2) is 49.6 Å². The number of benzene rings is 2. The van der Waals surface area contributed by atoms with E-state index >= 15 is 0 Å². The highest BCUT2D eigenvalue weighted by atomic mass is 16.5. The number of cyclic esters (lactones) is 1. The van der Waals surface area contributed by atoms with Gasteiger partial charge >= 0.3 is 5.97 Å². The molecule has 2 aliphatic heterocycles. The molecule has 2 aromatic carbocycles. The van der Waals surface area contributed by atoms with Crippen LogP contribution in [0.5, 0.6) is 5.75 Å². The third kappa shape index (κ3) is 4.12. The summed E-state index contributed by atoms with van der Waals surface area (Å²) in [5, 5.41) is 3.02. The van der Waals surface area contributed by atoms with Crippen molar-refractivity contribution in [3.05, 3.63) is 65.2 Å². The number of ether oxygens (including phenoxy) is 2. The van der Waals surface area contributed by atoms with Gasteiger partial charge in [0.1, 0.15) is 5.75 Å². The summed E-state index contributed by atoms with van der Waals surface area (Å²) in [5.41, 5.74) is 2.45. The normalized spacial score (nSPS) is 19.9. The minimum absolute atomic E-state index is 0.0178. The first-order chi connectivity index (χ1) is 14.2. The SMILES string of the molecule is COc1ccccc1C(CNC(=O)C1Cc2ccccc2C(=O)O1)N1CCCC1. The number of hydrogen-bond acceptors (Lipinski definition) is 5. The maximum absolute atomic E-state index is 12.8. The van der Waals surface area contributed by atoms with Crippen LogP contribution in [0.2, 0.25) is 0 Å². The molecule has 1 amide bonds. The first-order valence-electron chi connectivity index (χ1n) is 10.1. The molecule has 0 aliphatic carbocycles. The van der Waals surface area contributed by atoms with E-state index in [4.69, 9.17) is 9.47 Å². The lowest BCUT2D eigenvalue weighted by atomic mass is 9.98. The van der Waals surface area contributed by atoms with Crippen molar-refractivity contribution in [2.45, 2.75) is 31.4 Å². The second kappa shape index (κ2) is 8.66. The Balaban J connectivity index is 1.48. The predicted octanol–water partition coefficient (Wildman–Crippen LogP) is 2.73. The highest BCUT2D eigenvalue weighted by molar-refractivity contribution is 5.95. The van der Waals surface area contributed by atoms with E-state index in [-0.39, 0.29) is 11.9 Å². The van der Waals surface area contributed by atoms with Crippen LogP contribution in [0, 0.1) is 0 Å². The van der Waals surface area contributed by atoms with Gasteiger partial charge in [-0.3, -0.25) is 9.69 Å². The van der Waals surface area contributed by atoms with Crippen LogP contribution >= 0.6 is 0 Å². The lowest BCUT2D eigenvalue weighted by Crippen LogP contribution is -2.45. The van der Waals surface area contributed by atoms with Crippen molar-refractivity contribution >= 4 is 11.9 Å². The molecule has 1 saturated heterocycles. The number of carbonyl (C=O) groups is 2. The molecule has 0 bridgehead atoms. The summed E-state index contributed by atoms with van der Waals surface area (Å²) < 4.78 is 10.9. The molecule has 0 saturated carbocycles. The Morgan fingerprint density at radius 3 is 2.69 bits per heavy atom. The van der Waals surface area contributed by atoms with Crippen molar-refractivity contribution in [2.24, 2.45) is 0 Å². The quantitative estimate of drug-likeness (QED) is 0.763. The number of carbonyl (C=O) groups excluding carboxylic acids is 2. The standard InChI is InChI=1S/C23H26N2O4/c1-28-20-11-5-4-10-18(20)19(25-12-6-7-13-25)15-24-22(26)21-14-16-8-2-3-9-17(16)23(27)29-21/h2-5,8-11,19,21H,6-7,12-15H2,1H3,(H,24,26). The number of rotatable bonds is 6. The lowest BCUT2D eigenvalue weighted by Gasteiger charge is -2.30. The Hall–Kier alpha value is -2.86. The molecule has 152 valence electrons. The molecule has 4 rings (SSSR count). The maximum atomic E-state index is 12.8. The zero-order valence-electron chi connectivity index (χ0n) is 16.6. The molecule has 1 fully saturated rings. The van der Waals surface area contributed by atoms with E-state index in [1.807, 2.05) is 36.4 Å². The average molecular weight is 394 g/mol. The molecule has 6 heteroatoms. The van der Waals surface area contributed by atoms with Crippen LogP contribution in [-0.2, 0) is 16.0 Å². The summed E-state index contributed by atoms with van der Waals surface area (Å²) in [6.07, 6.45) is 1.90. The molecule has 29 heavy (non-hydrogen) atoms. The largest absolute Gasteiger partial charge is 0.496 e. The van der Waals surface area contributed by atoms with Crippen molar-refractivity contribution in [3.8, 4) is 5.75 Å². The van der Waals surface area contributed by atoms with E-state index in [1.165, 1.54) is 0 Å². The molecule has 2 aromatic rings. The van der Waals surface area contributed by atoms with Crippen LogP contribution in [0.15, 0.2) is 48.5 Å². The summed E-state index contributed by atoms with van der Waals surface area (Å²) in [6, 6.07) is 15.2. The number of esters is 1. The van der Waals surface area contributed by atoms with E-state index < -0.39 is 12.1 Å². The number of nitrogens with zero attached hydrogens (tertiary/aromatic N) is 1. The smallest absolute Gasteiger partial charge is 0.339 e. The van der Waals surface area contributed by atoms with Gasteiger partial charge in [0.25, 0.3) is 5.91 Å². The summed E-state index contributed by atoms with van der Waals surface area (Å²) in [6.45, 7) is 2.42. The highest BCUT2D eigenvalue weighted by Crippen LogP contribution is 2.31. The van der Waals surface area contributed by atoms with Gasteiger partial charge in [-0.05, 0) is 43.6 Å². The number of fused-ring (bicyclic) bond motifs is 1. The molecule has 2 aliphatic rings. The Morgan fingerprint density at radius 1 is 1.17 bits per heavy atom. The maximum Gasteiger partial charge on any atom is 0.339 e. The minimum Gasteiger partial charge on any atom is -0.496 e. The van der Waals surface area contributed by atoms with E-state index in [0.717, 1.165) is 42.8 Å². The Bertz CT molecular complexity index is 892. The average Bonchev–Trinajstić information content (AvgIpc) is 3.28. The fourth-order valence-corrected chi connectivity index (χ4v) is 4.22. The Labute approximate surface area is 170 Å². The third-order valence-corrected chi connectivity index (χ3v) is 5.73. The van der Waals surface area contributed by atoms with E-state index in [1.54, 1.807) is 19.2 Å². The lowest BCUT2D eigenvalue weighted by molar-refractivity contribution is -0.130. The number of hydrogen-bond donors (Lipinski definition) is 1. The number of methoxy groups -OCH3 is 1. The fourth-order valence-electron chi connectivity index (χ4n) is 4.22. The van der Waals surface area contributed by atoms with Gasteiger partial charge in [-0.1, -0.05) is 36.4 Å². The highest BCUT2D eigenvalue weighted by Gasteiger charge is 2.32. The van der Waals surface area contributed by atoms with Gasteiger partial charge < -0.3 is 14.8 Å². The Kier molecular flexibility index (Phi) is 5.81. The first-order valence-corrected chi connectivity index (χ1v) is 10.1. The zero-order valence-corrected chi connectivity index (χ0v) is 16.6. The second-order valence-corrected chi connectivity index (χ2v) is 7.50. The monoisotopic (exact) mass is 394 g/mol. The first kappa shape index (κ1) is 19.5. The summed E-state index contributed by atoms with van der Waals surface area (Å²) in [4.78, 5) is 27.4. The van der Waals surface area contributed by atoms with Gasteiger partial charge in [0.05, 0.1) is 18.7 Å². The fraction of sp³-hybridized carbons (Fsp3) is 0.391. The molecule has 1 N–H and O–H groups in total. The van der Waals surface area contributed by atoms with Crippen molar-refractivity contribution in [1.82, 2.24) is 10.2 Å². The summed E-state index contributed by atoms with van der Waals surface area (Å²) >= 11 is 0. The molecule has 0 radical (unpaired) electrons. The second-order valence-electron chi connectivity index (χ2n) is 7.50. The van der Waals surface area contributed by atoms with Gasteiger partial charge in [0.2, 0.25) is 0 Å². The molecule has 0 spiro atoms. The van der Waals surface area contributed by atoms with Crippen LogP contribution in [0.3, 0.4) is 0 Å². The van der Waals surface area contributed by atoms with Gasteiger partial charge in [0.15, 0.2) is 6.10 Å². The van der Waals surface area contributed by atoms with Crippen molar-refractivity contribution in [3.63, 3.8) is 0 Å². The van der Waals surface area contributed by atoms with Gasteiger partial charge in [-0.2, -0.15) is 0 Å². The summed E-state index contributed by atoms with van der Waals surface area (Å²) in [5.74, 6) is 0.122. The van der Waals surface area contributed by atoms with Crippen molar-refractivity contribution < 1.29 is 19.1 Å². The minimum atomic E-state index is -0.797. The number of likely N-dealkylation sites (tertiary alicyclic amines) is 1. The molecule has 6 nitrogen and oxygen atoms in total. The number of para-hydroxylation sites is 1. The van der Waals surface area contributed by atoms with Gasteiger partial charge in [-0.25, -0.2) is 4.79 Å². The molecule has 0 aromatic heterocycles. The predicted molar refractivity (Wildman–Crippen MR) is 109 cm³/mol. The molecular weight excluding hydrogens is 368 g/mol. The van der Waals surface area contributed by atoms with Gasteiger partial charge in [-0.15, -0.1) is 0 Å². The van der Waals surface area contributed by atoms with Crippen LogP contribution in [0.4, 0.5) is 0 Å².